The zero-order chi connectivity index (χ0) is 16.9. The number of hydrogen-bond donors (Lipinski definition) is 1. The van der Waals surface area contributed by atoms with Gasteiger partial charge in [0.25, 0.3) is 0 Å². The van der Waals surface area contributed by atoms with Gasteiger partial charge in [0.1, 0.15) is 17.5 Å². The maximum absolute atomic E-state index is 11.8. The average molecular weight is 308 g/mol. The molecule has 22 heavy (non-hydrogen) atoms. The van der Waals surface area contributed by atoms with Crippen LogP contribution in [-0.4, -0.2) is 28.8 Å². The van der Waals surface area contributed by atoms with Crippen molar-refractivity contribution in [3.05, 3.63) is 23.4 Å². The number of carbonyl (C=O) groups is 2. The highest BCUT2D eigenvalue weighted by molar-refractivity contribution is 5.83. The lowest BCUT2D eigenvalue weighted by Crippen LogP contribution is -2.27. The first kappa shape index (κ1) is 17.9. The predicted molar refractivity (Wildman–Crippen MR) is 83.8 cm³/mol. The molecule has 122 valence electrons. The molecule has 1 atom stereocenters. The molecule has 0 aliphatic carbocycles. The standard InChI is InChI=1S/C16H24N2O4/c1-10-7-13(9-11(2)21-12(3)19)17-14(8-10)18-15(20)22-16(4,5)6/h7-8,11H,9H2,1-6H3,(H,17,18,20). The highest BCUT2D eigenvalue weighted by atomic mass is 16.6. The molecule has 0 aliphatic rings. The van der Waals surface area contributed by atoms with E-state index < -0.39 is 11.7 Å². The van der Waals surface area contributed by atoms with Crippen LogP contribution in [0.15, 0.2) is 12.1 Å². The Morgan fingerprint density at radius 1 is 1.32 bits per heavy atom. The lowest BCUT2D eigenvalue weighted by Gasteiger charge is -2.19. The van der Waals surface area contributed by atoms with Crippen LogP contribution in [-0.2, 0) is 20.7 Å². The quantitative estimate of drug-likeness (QED) is 0.864. The first-order chi connectivity index (χ1) is 10.0. The van der Waals surface area contributed by atoms with E-state index in [0.717, 1.165) is 11.3 Å². The molecule has 0 saturated carbocycles. The first-order valence-corrected chi connectivity index (χ1v) is 7.20. The van der Waals surface area contributed by atoms with Gasteiger partial charge in [0, 0.05) is 19.0 Å². The van der Waals surface area contributed by atoms with Gasteiger partial charge < -0.3 is 9.47 Å². The van der Waals surface area contributed by atoms with Crippen LogP contribution in [0.3, 0.4) is 0 Å². The zero-order valence-corrected chi connectivity index (χ0v) is 14.0. The van der Waals surface area contributed by atoms with Crippen LogP contribution in [0.2, 0.25) is 0 Å². The third-order valence-corrected chi connectivity index (χ3v) is 2.52. The van der Waals surface area contributed by atoms with Gasteiger partial charge in [-0.05, 0) is 52.3 Å². The number of carbonyl (C=O) groups excluding carboxylic acids is 2. The van der Waals surface area contributed by atoms with Crippen LogP contribution in [0.5, 0.6) is 0 Å². The summed E-state index contributed by atoms with van der Waals surface area (Å²) in [6.07, 6.45) is -0.352. The Morgan fingerprint density at radius 2 is 1.95 bits per heavy atom. The van der Waals surface area contributed by atoms with Gasteiger partial charge in [-0.1, -0.05) is 0 Å². The number of aromatic nitrogens is 1. The molecule has 0 radical (unpaired) electrons. The fourth-order valence-electron chi connectivity index (χ4n) is 1.94. The lowest BCUT2D eigenvalue weighted by molar-refractivity contribution is -0.145. The van der Waals surface area contributed by atoms with E-state index >= 15 is 0 Å². The maximum atomic E-state index is 11.8. The number of esters is 1. The molecule has 0 spiro atoms. The molecule has 1 amide bonds. The Morgan fingerprint density at radius 3 is 2.50 bits per heavy atom. The Labute approximate surface area is 131 Å². The molecule has 0 aliphatic heterocycles. The number of nitrogens with zero attached hydrogens (tertiary/aromatic N) is 1. The third-order valence-electron chi connectivity index (χ3n) is 2.52. The summed E-state index contributed by atoms with van der Waals surface area (Å²) in [6, 6.07) is 3.64. The van der Waals surface area contributed by atoms with Crippen molar-refractivity contribution in [2.75, 3.05) is 5.32 Å². The van der Waals surface area contributed by atoms with Crippen molar-refractivity contribution < 1.29 is 19.1 Å². The van der Waals surface area contributed by atoms with Gasteiger partial charge in [0.2, 0.25) is 0 Å². The van der Waals surface area contributed by atoms with E-state index in [0.29, 0.717) is 12.2 Å². The van der Waals surface area contributed by atoms with Crippen molar-refractivity contribution in [3.8, 4) is 0 Å². The monoisotopic (exact) mass is 308 g/mol. The third kappa shape index (κ3) is 7.06. The second-order valence-corrected chi connectivity index (χ2v) is 6.27. The largest absolute Gasteiger partial charge is 0.462 e. The summed E-state index contributed by atoms with van der Waals surface area (Å²) in [5, 5.41) is 2.61. The van der Waals surface area contributed by atoms with Crippen molar-refractivity contribution in [3.63, 3.8) is 0 Å². The Kier molecular flexibility index (Phi) is 5.91. The summed E-state index contributed by atoms with van der Waals surface area (Å²) >= 11 is 0. The first-order valence-electron chi connectivity index (χ1n) is 7.20. The van der Waals surface area contributed by atoms with Crippen molar-refractivity contribution >= 4 is 17.9 Å². The second kappa shape index (κ2) is 7.24. The molecular weight excluding hydrogens is 284 g/mol. The molecule has 1 heterocycles. The number of anilines is 1. The predicted octanol–water partition coefficient (Wildman–Crippen LogP) is 3.23. The van der Waals surface area contributed by atoms with E-state index in [4.69, 9.17) is 9.47 Å². The van der Waals surface area contributed by atoms with E-state index in [9.17, 15) is 9.59 Å². The molecule has 6 heteroatoms. The molecule has 0 saturated heterocycles. The minimum atomic E-state index is -0.569. The van der Waals surface area contributed by atoms with Gasteiger partial charge in [-0.15, -0.1) is 0 Å². The summed E-state index contributed by atoms with van der Waals surface area (Å²) in [7, 11) is 0. The number of ether oxygens (including phenoxy) is 2. The van der Waals surface area contributed by atoms with Gasteiger partial charge in [-0.2, -0.15) is 0 Å². The normalized spacial score (nSPS) is 12.5. The molecule has 1 unspecified atom stereocenters. The van der Waals surface area contributed by atoms with Gasteiger partial charge in [0.05, 0.1) is 0 Å². The Hall–Kier alpha value is -2.11. The summed E-state index contributed by atoms with van der Waals surface area (Å²) < 4.78 is 10.3. The van der Waals surface area contributed by atoms with E-state index in [1.807, 2.05) is 13.0 Å². The lowest BCUT2D eigenvalue weighted by atomic mass is 10.1. The average Bonchev–Trinajstić information content (AvgIpc) is 2.22. The van der Waals surface area contributed by atoms with Crippen LogP contribution in [0.1, 0.15) is 45.9 Å². The summed E-state index contributed by atoms with van der Waals surface area (Å²) in [4.78, 5) is 27.1. The summed E-state index contributed by atoms with van der Waals surface area (Å²) in [5.74, 6) is 0.0894. The Balaban J connectivity index is 2.77. The minimum absolute atomic E-state index is 0.277. The van der Waals surface area contributed by atoms with Gasteiger partial charge in [0.15, 0.2) is 0 Å². The smallest absolute Gasteiger partial charge is 0.413 e. The van der Waals surface area contributed by atoms with Crippen LogP contribution in [0, 0.1) is 6.92 Å². The van der Waals surface area contributed by atoms with Crippen LogP contribution in [0.4, 0.5) is 10.6 Å². The van der Waals surface area contributed by atoms with Gasteiger partial charge in [-0.25, -0.2) is 9.78 Å². The van der Waals surface area contributed by atoms with E-state index in [2.05, 4.69) is 10.3 Å². The SMILES string of the molecule is CC(=O)OC(C)Cc1cc(C)cc(NC(=O)OC(C)(C)C)n1. The molecular formula is C16H24N2O4. The fourth-order valence-corrected chi connectivity index (χ4v) is 1.94. The van der Waals surface area contributed by atoms with E-state index in [-0.39, 0.29) is 12.1 Å². The summed E-state index contributed by atoms with van der Waals surface area (Å²) in [5.41, 5.74) is 1.12. The van der Waals surface area contributed by atoms with Gasteiger partial charge >= 0.3 is 12.1 Å². The van der Waals surface area contributed by atoms with Crippen molar-refractivity contribution in [2.24, 2.45) is 0 Å². The topological polar surface area (TPSA) is 77.5 Å². The number of rotatable bonds is 4. The fraction of sp³-hybridized carbons (Fsp3) is 0.562. The number of nitrogens with one attached hydrogen (secondary N) is 1. The van der Waals surface area contributed by atoms with Crippen LogP contribution in [0.25, 0.3) is 0 Å². The maximum Gasteiger partial charge on any atom is 0.413 e. The van der Waals surface area contributed by atoms with Crippen molar-refractivity contribution in [1.82, 2.24) is 4.98 Å². The molecule has 0 aromatic carbocycles. The Bertz CT molecular complexity index is 550. The van der Waals surface area contributed by atoms with Crippen molar-refractivity contribution in [1.29, 1.82) is 0 Å². The number of amides is 1. The molecule has 1 N–H and O–H groups in total. The molecule has 1 aromatic rings. The molecule has 1 aromatic heterocycles. The highest BCUT2D eigenvalue weighted by Gasteiger charge is 2.17. The number of aryl methyl sites for hydroxylation is 1. The molecule has 0 bridgehead atoms. The van der Waals surface area contributed by atoms with Crippen molar-refractivity contribution in [2.45, 2.75) is 59.7 Å². The van der Waals surface area contributed by atoms with Crippen LogP contribution >= 0.6 is 0 Å². The number of hydrogen-bond acceptors (Lipinski definition) is 5. The zero-order valence-electron chi connectivity index (χ0n) is 14.0. The number of pyridine rings is 1. The van der Waals surface area contributed by atoms with Crippen LogP contribution < -0.4 is 5.32 Å². The van der Waals surface area contributed by atoms with E-state index in [1.165, 1.54) is 6.92 Å². The molecule has 1 rings (SSSR count). The summed E-state index contributed by atoms with van der Waals surface area (Å²) in [6.45, 7) is 10.5. The highest BCUT2D eigenvalue weighted by Crippen LogP contribution is 2.14. The second-order valence-electron chi connectivity index (χ2n) is 6.27. The van der Waals surface area contributed by atoms with E-state index in [1.54, 1.807) is 33.8 Å². The minimum Gasteiger partial charge on any atom is -0.462 e. The molecule has 6 nitrogen and oxygen atoms in total. The molecule has 0 fully saturated rings. The van der Waals surface area contributed by atoms with Gasteiger partial charge in [-0.3, -0.25) is 10.1 Å².